The molecule has 232 valence electrons. The van der Waals surface area contributed by atoms with Gasteiger partial charge >= 0.3 is 11.9 Å². The molecule has 0 amide bonds. The van der Waals surface area contributed by atoms with Crippen LogP contribution in [0.1, 0.15) is 110 Å². The summed E-state index contributed by atoms with van der Waals surface area (Å²) in [6.45, 7) is 3.73. The fourth-order valence-electron chi connectivity index (χ4n) is 3.72. The standard InChI is InChI=1S/C35H56O6/c1-3-5-7-9-11-12-13-14-15-16-17-18-19-21-22-24-26-32(37)28-29-35(39)41-33(30-36)31-40-34(38)27-25-23-20-10-8-6-4-2/h5,7,11-12,14-15,17-18,21-22,24,26,32-33,36-37H,3-4,6,8-10,13,16,19-20,23,25,27-31H2,1-2H3/b7-5-,12-11-,15-14-,18-17-,22-21-,26-24-/t32?,33-/m0/s1. The van der Waals surface area contributed by atoms with Crippen molar-refractivity contribution < 1.29 is 29.3 Å². The average Bonchev–Trinajstić information content (AvgIpc) is 2.97. The number of ether oxygens (including phenoxy) is 2. The van der Waals surface area contributed by atoms with Crippen LogP contribution in [0.25, 0.3) is 0 Å². The summed E-state index contributed by atoms with van der Waals surface area (Å²) in [6, 6.07) is 0. The molecule has 41 heavy (non-hydrogen) atoms. The van der Waals surface area contributed by atoms with E-state index in [4.69, 9.17) is 9.47 Å². The van der Waals surface area contributed by atoms with Crippen LogP contribution < -0.4 is 0 Å². The molecule has 0 saturated heterocycles. The number of hydrogen-bond acceptors (Lipinski definition) is 6. The molecule has 6 heteroatoms. The fourth-order valence-corrected chi connectivity index (χ4v) is 3.72. The second-order valence-electron chi connectivity index (χ2n) is 10.0. The van der Waals surface area contributed by atoms with Crippen molar-refractivity contribution in [3.63, 3.8) is 0 Å². The Morgan fingerprint density at radius 3 is 1.83 bits per heavy atom. The van der Waals surface area contributed by atoms with Gasteiger partial charge in [-0.2, -0.15) is 0 Å². The summed E-state index contributed by atoms with van der Waals surface area (Å²) in [6.07, 6.45) is 35.9. The van der Waals surface area contributed by atoms with Crippen LogP contribution in [-0.4, -0.2) is 47.6 Å². The Kier molecular flexibility index (Phi) is 28.3. The van der Waals surface area contributed by atoms with Crippen molar-refractivity contribution in [3.8, 4) is 0 Å². The van der Waals surface area contributed by atoms with Gasteiger partial charge in [-0.25, -0.2) is 0 Å². The smallest absolute Gasteiger partial charge is 0.306 e. The third kappa shape index (κ3) is 28.6. The van der Waals surface area contributed by atoms with E-state index in [2.05, 4.69) is 62.5 Å². The molecule has 0 bridgehead atoms. The van der Waals surface area contributed by atoms with Crippen LogP contribution in [-0.2, 0) is 19.1 Å². The van der Waals surface area contributed by atoms with Crippen LogP contribution in [0.5, 0.6) is 0 Å². The van der Waals surface area contributed by atoms with E-state index in [-0.39, 0.29) is 25.4 Å². The molecule has 2 atom stereocenters. The van der Waals surface area contributed by atoms with Gasteiger partial charge in [0.25, 0.3) is 0 Å². The minimum Gasteiger partial charge on any atom is -0.462 e. The van der Waals surface area contributed by atoms with Gasteiger partial charge < -0.3 is 19.7 Å². The molecule has 0 aromatic rings. The minimum atomic E-state index is -0.894. The number of aliphatic hydroxyl groups excluding tert-OH is 2. The summed E-state index contributed by atoms with van der Waals surface area (Å²) in [4.78, 5) is 24.0. The lowest BCUT2D eigenvalue weighted by molar-refractivity contribution is -0.161. The van der Waals surface area contributed by atoms with Gasteiger partial charge in [-0.3, -0.25) is 9.59 Å². The predicted octanol–water partition coefficient (Wildman–Crippen LogP) is 8.02. The molecule has 0 rings (SSSR count). The Morgan fingerprint density at radius 2 is 1.24 bits per heavy atom. The maximum absolute atomic E-state index is 12.1. The number of esters is 2. The lowest BCUT2D eigenvalue weighted by Crippen LogP contribution is -2.28. The minimum absolute atomic E-state index is 0.000346. The molecule has 0 heterocycles. The number of aliphatic hydroxyl groups is 2. The van der Waals surface area contributed by atoms with Gasteiger partial charge in [0.2, 0.25) is 0 Å². The van der Waals surface area contributed by atoms with E-state index in [0.717, 1.165) is 51.4 Å². The van der Waals surface area contributed by atoms with Gasteiger partial charge in [-0.15, -0.1) is 0 Å². The first-order chi connectivity index (χ1) is 20.0. The number of allylic oxidation sites excluding steroid dienone is 11. The zero-order chi connectivity index (χ0) is 30.2. The van der Waals surface area contributed by atoms with Crippen molar-refractivity contribution in [3.05, 3.63) is 72.9 Å². The first kappa shape index (κ1) is 38.3. The van der Waals surface area contributed by atoms with Crippen molar-refractivity contribution in [1.82, 2.24) is 0 Å². The van der Waals surface area contributed by atoms with Crippen molar-refractivity contribution in [1.29, 1.82) is 0 Å². The molecule has 0 fully saturated rings. The maximum Gasteiger partial charge on any atom is 0.306 e. The Hall–Kier alpha value is -2.70. The highest BCUT2D eigenvalue weighted by atomic mass is 16.6. The van der Waals surface area contributed by atoms with E-state index in [1.54, 1.807) is 12.2 Å². The quantitative estimate of drug-likeness (QED) is 0.0472. The van der Waals surface area contributed by atoms with E-state index >= 15 is 0 Å². The van der Waals surface area contributed by atoms with E-state index in [1.165, 1.54) is 25.7 Å². The van der Waals surface area contributed by atoms with Crippen molar-refractivity contribution in [2.24, 2.45) is 0 Å². The van der Waals surface area contributed by atoms with E-state index < -0.39 is 24.8 Å². The monoisotopic (exact) mass is 572 g/mol. The molecule has 0 aromatic carbocycles. The van der Waals surface area contributed by atoms with Crippen LogP contribution in [0.4, 0.5) is 0 Å². The molecule has 0 saturated carbocycles. The average molecular weight is 573 g/mol. The Morgan fingerprint density at radius 1 is 0.683 bits per heavy atom. The van der Waals surface area contributed by atoms with Crippen molar-refractivity contribution in [2.75, 3.05) is 13.2 Å². The third-order valence-electron chi connectivity index (χ3n) is 6.13. The van der Waals surface area contributed by atoms with E-state index in [0.29, 0.717) is 6.42 Å². The second kappa shape index (κ2) is 30.3. The lowest BCUT2D eigenvalue weighted by Gasteiger charge is -2.16. The summed E-state index contributed by atoms with van der Waals surface area (Å²) in [5, 5.41) is 19.5. The number of carbonyl (C=O) groups excluding carboxylic acids is 2. The van der Waals surface area contributed by atoms with Gasteiger partial charge in [0.15, 0.2) is 6.10 Å². The molecule has 0 aliphatic carbocycles. The molecule has 6 nitrogen and oxygen atoms in total. The van der Waals surface area contributed by atoms with Crippen molar-refractivity contribution >= 4 is 11.9 Å². The second-order valence-corrected chi connectivity index (χ2v) is 10.0. The van der Waals surface area contributed by atoms with Gasteiger partial charge in [0, 0.05) is 12.8 Å². The highest BCUT2D eigenvalue weighted by molar-refractivity contribution is 5.70. The Labute approximate surface area is 249 Å². The van der Waals surface area contributed by atoms with Crippen LogP contribution in [0, 0.1) is 0 Å². The number of unbranched alkanes of at least 4 members (excludes halogenated alkanes) is 6. The third-order valence-corrected chi connectivity index (χ3v) is 6.13. The zero-order valence-corrected chi connectivity index (χ0v) is 25.6. The molecular weight excluding hydrogens is 516 g/mol. The molecular formula is C35H56O6. The number of rotatable bonds is 26. The summed E-state index contributed by atoms with van der Waals surface area (Å²) in [5.74, 6) is -0.891. The molecule has 1 unspecified atom stereocenters. The summed E-state index contributed by atoms with van der Waals surface area (Å²) in [5.41, 5.74) is 0. The van der Waals surface area contributed by atoms with Crippen LogP contribution >= 0.6 is 0 Å². The molecule has 0 aliphatic rings. The van der Waals surface area contributed by atoms with Crippen molar-refractivity contribution in [2.45, 2.75) is 122 Å². The highest BCUT2D eigenvalue weighted by Gasteiger charge is 2.16. The Balaban J connectivity index is 3.94. The fraction of sp³-hybridized carbons (Fsp3) is 0.600. The number of hydrogen-bond donors (Lipinski definition) is 2. The maximum atomic E-state index is 12.1. The molecule has 0 aromatic heterocycles. The van der Waals surface area contributed by atoms with Gasteiger partial charge in [0.1, 0.15) is 6.61 Å². The van der Waals surface area contributed by atoms with Gasteiger partial charge in [-0.05, 0) is 44.9 Å². The first-order valence-corrected chi connectivity index (χ1v) is 15.6. The molecule has 2 N–H and O–H groups in total. The SMILES string of the molecule is CC/C=C\C/C=C\C/C=C\C/C=C\C/C=C\C=C/C(O)CCC(=O)O[C@@H](CO)COC(=O)CCCCCCCCC. The topological polar surface area (TPSA) is 93.1 Å². The van der Waals surface area contributed by atoms with Gasteiger partial charge in [-0.1, -0.05) is 125 Å². The van der Waals surface area contributed by atoms with Crippen LogP contribution in [0.2, 0.25) is 0 Å². The first-order valence-electron chi connectivity index (χ1n) is 15.6. The van der Waals surface area contributed by atoms with E-state index in [1.807, 2.05) is 12.2 Å². The summed E-state index contributed by atoms with van der Waals surface area (Å²) < 4.78 is 10.3. The summed E-state index contributed by atoms with van der Waals surface area (Å²) in [7, 11) is 0. The molecule has 0 radical (unpaired) electrons. The molecule has 0 aliphatic heterocycles. The van der Waals surface area contributed by atoms with E-state index in [9.17, 15) is 19.8 Å². The molecule has 0 spiro atoms. The summed E-state index contributed by atoms with van der Waals surface area (Å²) >= 11 is 0. The number of carbonyl (C=O) groups is 2. The normalized spacial score (nSPS) is 14.0. The van der Waals surface area contributed by atoms with Crippen LogP contribution in [0.3, 0.4) is 0 Å². The van der Waals surface area contributed by atoms with Crippen LogP contribution in [0.15, 0.2) is 72.9 Å². The highest BCUT2D eigenvalue weighted by Crippen LogP contribution is 2.09. The predicted molar refractivity (Wildman–Crippen MR) is 169 cm³/mol. The lowest BCUT2D eigenvalue weighted by atomic mass is 10.1. The largest absolute Gasteiger partial charge is 0.462 e. The van der Waals surface area contributed by atoms with Gasteiger partial charge in [0.05, 0.1) is 12.7 Å². The Bertz CT molecular complexity index is 805. The zero-order valence-electron chi connectivity index (χ0n) is 25.6.